The van der Waals surface area contributed by atoms with E-state index in [-0.39, 0.29) is 12.6 Å². The van der Waals surface area contributed by atoms with Crippen molar-refractivity contribution in [2.45, 2.75) is 38.7 Å². The Kier molecular flexibility index (Phi) is 5.40. The lowest BCUT2D eigenvalue weighted by Gasteiger charge is -2.16. The molecule has 1 unspecified atom stereocenters. The van der Waals surface area contributed by atoms with E-state index >= 15 is 0 Å². The molecule has 6 nitrogen and oxygen atoms in total. The smallest absolute Gasteiger partial charge is 0.334 e. The number of carbonyl (C=O) groups is 2. The first kappa shape index (κ1) is 14.8. The van der Waals surface area contributed by atoms with Gasteiger partial charge in [-0.2, -0.15) is 0 Å². The highest BCUT2D eigenvalue weighted by Crippen LogP contribution is 2.48. The molecule has 1 fully saturated rings. The lowest BCUT2D eigenvalue weighted by molar-refractivity contribution is -0.147. The summed E-state index contributed by atoms with van der Waals surface area (Å²) in [5, 5.41) is 14.0. The second-order valence-corrected chi connectivity index (χ2v) is 4.88. The molecule has 1 atom stereocenters. The zero-order valence-electron chi connectivity index (χ0n) is 11.0. The average Bonchev–Trinajstić information content (AvgIpc) is 3.08. The molecule has 1 rings (SSSR count). The summed E-state index contributed by atoms with van der Waals surface area (Å²) in [6.45, 7) is 2.77. The van der Waals surface area contributed by atoms with Gasteiger partial charge in [-0.3, -0.25) is 0 Å². The lowest BCUT2D eigenvalue weighted by Crippen LogP contribution is -2.44. The van der Waals surface area contributed by atoms with Crippen molar-refractivity contribution >= 4 is 12.0 Å². The van der Waals surface area contributed by atoms with Gasteiger partial charge in [-0.1, -0.05) is 13.3 Å². The first-order valence-corrected chi connectivity index (χ1v) is 6.30. The van der Waals surface area contributed by atoms with E-state index in [1.54, 1.807) is 0 Å². The van der Waals surface area contributed by atoms with Crippen LogP contribution in [0, 0.1) is 5.41 Å². The maximum Gasteiger partial charge on any atom is 0.334 e. The number of amides is 2. The number of urea groups is 1. The van der Waals surface area contributed by atoms with Crippen LogP contribution in [0.4, 0.5) is 4.79 Å². The monoisotopic (exact) mass is 258 g/mol. The number of nitrogens with one attached hydrogen (secondary N) is 2. The first-order chi connectivity index (χ1) is 8.53. The third kappa shape index (κ3) is 4.52. The SMILES string of the molecule is CCCC1(CNC(=O)NCC(OC)C(=O)O)CC1. The highest BCUT2D eigenvalue weighted by molar-refractivity contribution is 5.76. The van der Waals surface area contributed by atoms with Crippen molar-refractivity contribution < 1.29 is 19.4 Å². The van der Waals surface area contributed by atoms with E-state index in [0.717, 1.165) is 25.7 Å². The van der Waals surface area contributed by atoms with Gasteiger partial charge in [-0.15, -0.1) is 0 Å². The number of hydrogen-bond acceptors (Lipinski definition) is 3. The summed E-state index contributed by atoms with van der Waals surface area (Å²) in [5.74, 6) is -1.08. The van der Waals surface area contributed by atoms with Crippen LogP contribution in [0.15, 0.2) is 0 Å². The van der Waals surface area contributed by atoms with Crippen molar-refractivity contribution in [2.75, 3.05) is 20.2 Å². The van der Waals surface area contributed by atoms with Crippen LogP contribution in [0.2, 0.25) is 0 Å². The van der Waals surface area contributed by atoms with Crippen molar-refractivity contribution in [3.8, 4) is 0 Å². The summed E-state index contributed by atoms with van der Waals surface area (Å²) in [4.78, 5) is 22.2. The van der Waals surface area contributed by atoms with Crippen LogP contribution in [0.25, 0.3) is 0 Å². The predicted octanol–water partition coefficient (Wildman–Crippen LogP) is 0.965. The largest absolute Gasteiger partial charge is 0.479 e. The first-order valence-electron chi connectivity index (χ1n) is 6.30. The number of aliphatic carboxylic acids is 1. The minimum atomic E-state index is -1.08. The molecule has 6 heteroatoms. The molecular formula is C12H22N2O4. The predicted molar refractivity (Wildman–Crippen MR) is 66.4 cm³/mol. The molecule has 2 amide bonds. The highest BCUT2D eigenvalue weighted by Gasteiger charge is 2.41. The number of ether oxygens (including phenoxy) is 1. The highest BCUT2D eigenvalue weighted by atomic mass is 16.5. The summed E-state index contributed by atoms with van der Waals surface area (Å²) in [7, 11) is 1.30. The maximum absolute atomic E-state index is 11.5. The molecule has 1 aliphatic carbocycles. The fraction of sp³-hybridized carbons (Fsp3) is 0.833. The van der Waals surface area contributed by atoms with Crippen LogP contribution >= 0.6 is 0 Å². The van der Waals surface area contributed by atoms with E-state index < -0.39 is 12.1 Å². The molecule has 18 heavy (non-hydrogen) atoms. The standard InChI is InChI=1S/C12H22N2O4/c1-3-4-12(5-6-12)8-14-11(17)13-7-9(18-2)10(15)16/h9H,3-8H2,1-2H3,(H,15,16)(H2,13,14,17). The Labute approximate surface area is 107 Å². The molecular weight excluding hydrogens is 236 g/mol. The van der Waals surface area contributed by atoms with E-state index in [9.17, 15) is 9.59 Å². The van der Waals surface area contributed by atoms with E-state index in [1.165, 1.54) is 7.11 Å². The number of carbonyl (C=O) groups excluding carboxylic acids is 1. The van der Waals surface area contributed by atoms with E-state index in [0.29, 0.717) is 12.0 Å². The summed E-state index contributed by atoms with van der Waals surface area (Å²) in [5.41, 5.74) is 0.291. The summed E-state index contributed by atoms with van der Waals surface area (Å²) in [6.07, 6.45) is 3.58. The van der Waals surface area contributed by atoms with Crippen molar-refractivity contribution in [2.24, 2.45) is 5.41 Å². The Bertz CT molecular complexity index is 302. The van der Waals surface area contributed by atoms with Crippen LogP contribution in [0.5, 0.6) is 0 Å². The fourth-order valence-corrected chi connectivity index (χ4v) is 2.01. The second kappa shape index (κ2) is 6.58. The number of hydrogen-bond donors (Lipinski definition) is 3. The lowest BCUT2D eigenvalue weighted by atomic mass is 10.0. The number of carboxylic acid groups (broad SMARTS) is 1. The van der Waals surface area contributed by atoms with Gasteiger partial charge in [0.25, 0.3) is 0 Å². The van der Waals surface area contributed by atoms with Crippen LogP contribution in [-0.4, -0.2) is 43.4 Å². The molecule has 104 valence electrons. The minimum absolute atomic E-state index is 0.0293. The zero-order chi connectivity index (χ0) is 13.6. The quantitative estimate of drug-likeness (QED) is 0.605. The third-order valence-corrected chi connectivity index (χ3v) is 3.37. The molecule has 0 bridgehead atoms. The molecule has 0 saturated heterocycles. The Hall–Kier alpha value is -1.30. The van der Waals surface area contributed by atoms with Crippen LogP contribution in [0.3, 0.4) is 0 Å². The normalized spacial score (nSPS) is 17.9. The average molecular weight is 258 g/mol. The topological polar surface area (TPSA) is 87.7 Å². The van der Waals surface area contributed by atoms with Gasteiger partial charge in [0.2, 0.25) is 0 Å². The molecule has 0 aromatic rings. The van der Waals surface area contributed by atoms with E-state index in [4.69, 9.17) is 9.84 Å². The second-order valence-electron chi connectivity index (χ2n) is 4.88. The molecule has 1 aliphatic rings. The Morgan fingerprint density at radius 2 is 2.06 bits per heavy atom. The molecule has 1 saturated carbocycles. The third-order valence-electron chi connectivity index (χ3n) is 3.37. The van der Waals surface area contributed by atoms with Gasteiger partial charge in [0, 0.05) is 13.7 Å². The van der Waals surface area contributed by atoms with Gasteiger partial charge in [-0.25, -0.2) is 9.59 Å². The van der Waals surface area contributed by atoms with E-state index in [2.05, 4.69) is 17.6 Å². The molecule has 0 aliphatic heterocycles. The summed E-state index contributed by atoms with van der Waals surface area (Å²) >= 11 is 0. The summed E-state index contributed by atoms with van der Waals surface area (Å²) in [6, 6.07) is -0.333. The van der Waals surface area contributed by atoms with E-state index in [1.807, 2.05) is 0 Å². The Balaban J connectivity index is 2.20. The van der Waals surface area contributed by atoms with Crippen molar-refractivity contribution in [1.29, 1.82) is 0 Å². The van der Waals surface area contributed by atoms with Crippen LogP contribution in [0.1, 0.15) is 32.6 Å². The Morgan fingerprint density at radius 3 is 2.50 bits per heavy atom. The molecule has 3 N–H and O–H groups in total. The molecule has 0 aromatic carbocycles. The Morgan fingerprint density at radius 1 is 1.39 bits per heavy atom. The van der Waals surface area contributed by atoms with Gasteiger partial charge in [0.15, 0.2) is 6.10 Å². The van der Waals surface area contributed by atoms with Crippen molar-refractivity contribution in [1.82, 2.24) is 10.6 Å². The van der Waals surface area contributed by atoms with Crippen molar-refractivity contribution in [3.05, 3.63) is 0 Å². The van der Waals surface area contributed by atoms with Crippen molar-refractivity contribution in [3.63, 3.8) is 0 Å². The molecule has 0 radical (unpaired) electrons. The fourth-order valence-electron chi connectivity index (χ4n) is 2.01. The van der Waals surface area contributed by atoms with Crippen LogP contribution < -0.4 is 10.6 Å². The number of carboxylic acids is 1. The minimum Gasteiger partial charge on any atom is -0.479 e. The van der Waals surface area contributed by atoms with Gasteiger partial charge < -0.3 is 20.5 Å². The molecule has 0 aromatic heterocycles. The number of methoxy groups -OCH3 is 1. The summed E-state index contributed by atoms with van der Waals surface area (Å²) < 4.78 is 4.72. The number of rotatable bonds is 8. The van der Waals surface area contributed by atoms with Crippen LogP contribution in [-0.2, 0) is 9.53 Å². The van der Waals surface area contributed by atoms with Gasteiger partial charge >= 0.3 is 12.0 Å². The van der Waals surface area contributed by atoms with Gasteiger partial charge in [0.05, 0.1) is 6.54 Å². The molecule has 0 spiro atoms. The van der Waals surface area contributed by atoms with Gasteiger partial charge in [-0.05, 0) is 24.7 Å². The molecule has 0 heterocycles. The van der Waals surface area contributed by atoms with Gasteiger partial charge in [0.1, 0.15) is 0 Å². The zero-order valence-corrected chi connectivity index (χ0v) is 11.0. The maximum atomic E-state index is 11.5.